The van der Waals surface area contributed by atoms with Crippen LogP contribution in [0.5, 0.6) is 23.0 Å². The van der Waals surface area contributed by atoms with E-state index in [4.69, 9.17) is 14.2 Å². The maximum Gasteiger partial charge on any atom is 0.265 e. The molecule has 1 amide bonds. The average molecular weight is 329 g/mol. The van der Waals surface area contributed by atoms with Crippen molar-refractivity contribution in [3.05, 3.63) is 42.0 Å². The van der Waals surface area contributed by atoms with E-state index >= 15 is 0 Å². The predicted molar refractivity (Wildman–Crippen MR) is 89.0 cm³/mol. The van der Waals surface area contributed by atoms with Crippen LogP contribution in [0, 0.1) is 0 Å². The number of aromatic hydroxyl groups is 1. The van der Waals surface area contributed by atoms with Gasteiger partial charge in [-0.3, -0.25) is 4.79 Å². The summed E-state index contributed by atoms with van der Waals surface area (Å²) < 4.78 is 16.0. The standard InChI is InChI=1S/C18H19NO5/c1-22-13-6-4-12(5-7-13)19-18(21)15-8-3-11-9-14(20)17(23-2)10-16(11)24-15/h4-7,9-10,15,20H,3,8H2,1-2H3,(H,19,21). The van der Waals surface area contributed by atoms with E-state index in [-0.39, 0.29) is 11.7 Å². The van der Waals surface area contributed by atoms with Crippen molar-refractivity contribution < 1.29 is 24.1 Å². The summed E-state index contributed by atoms with van der Waals surface area (Å²) >= 11 is 0. The zero-order chi connectivity index (χ0) is 17.1. The molecule has 3 rings (SSSR count). The number of carbonyl (C=O) groups excluding carboxylic acids is 1. The molecule has 1 atom stereocenters. The van der Waals surface area contributed by atoms with Gasteiger partial charge in [0, 0.05) is 11.8 Å². The number of rotatable bonds is 4. The van der Waals surface area contributed by atoms with Crippen molar-refractivity contribution >= 4 is 11.6 Å². The predicted octanol–water partition coefficient (Wildman–Crippen LogP) is 2.74. The second-order valence-electron chi connectivity index (χ2n) is 5.49. The summed E-state index contributed by atoms with van der Waals surface area (Å²) in [6.45, 7) is 0. The number of hydrogen-bond acceptors (Lipinski definition) is 5. The van der Waals surface area contributed by atoms with Crippen LogP contribution in [0.3, 0.4) is 0 Å². The molecule has 1 unspecified atom stereocenters. The number of aryl methyl sites for hydroxylation is 1. The van der Waals surface area contributed by atoms with E-state index < -0.39 is 6.10 Å². The molecule has 0 radical (unpaired) electrons. The molecule has 0 aliphatic carbocycles. The lowest BCUT2D eigenvalue weighted by molar-refractivity contribution is -0.123. The van der Waals surface area contributed by atoms with Gasteiger partial charge in [0.2, 0.25) is 0 Å². The molecule has 24 heavy (non-hydrogen) atoms. The van der Waals surface area contributed by atoms with Crippen molar-refractivity contribution in [3.8, 4) is 23.0 Å². The van der Waals surface area contributed by atoms with Crippen LogP contribution in [0.4, 0.5) is 5.69 Å². The lowest BCUT2D eigenvalue weighted by Crippen LogP contribution is -2.35. The summed E-state index contributed by atoms with van der Waals surface area (Å²) in [6.07, 6.45) is 0.600. The molecule has 2 N–H and O–H groups in total. The van der Waals surface area contributed by atoms with Gasteiger partial charge >= 0.3 is 0 Å². The molecule has 6 heteroatoms. The third-order valence-electron chi connectivity index (χ3n) is 3.96. The van der Waals surface area contributed by atoms with Crippen molar-refractivity contribution in [1.29, 1.82) is 0 Å². The summed E-state index contributed by atoms with van der Waals surface area (Å²) in [6, 6.07) is 10.3. The molecule has 2 aromatic carbocycles. The Hall–Kier alpha value is -2.89. The largest absolute Gasteiger partial charge is 0.504 e. The summed E-state index contributed by atoms with van der Waals surface area (Å²) in [5, 5.41) is 12.6. The Morgan fingerprint density at radius 1 is 1.21 bits per heavy atom. The van der Waals surface area contributed by atoms with E-state index in [2.05, 4.69) is 5.32 Å². The summed E-state index contributed by atoms with van der Waals surface area (Å²) in [7, 11) is 3.06. The average Bonchev–Trinajstić information content (AvgIpc) is 2.61. The van der Waals surface area contributed by atoms with Crippen LogP contribution in [0.2, 0.25) is 0 Å². The zero-order valence-electron chi connectivity index (χ0n) is 13.5. The van der Waals surface area contributed by atoms with Gasteiger partial charge in [0.15, 0.2) is 17.6 Å². The fourth-order valence-electron chi connectivity index (χ4n) is 2.64. The minimum Gasteiger partial charge on any atom is -0.504 e. The van der Waals surface area contributed by atoms with Gasteiger partial charge in [0.05, 0.1) is 14.2 Å². The highest BCUT2D eigenvalue weighted by Crippen LogP contribution is 2.37. The van der Waals surface area contributed by atoms with Crippen molar-refractivity contribution in [2.24, 2.45) is 0 Å². The van der Waals surface area contributed by atoms with Gasteiger partial charge in [-0.05, 0) is 48.7 Å². The first kappa shape index (κ1) is 16.0. The number of fused-ring (bicyclic) bond motifs is 1. The fraction of sp³-hybridized carbons (Fsp3) is 0.278. The summed E-state index contributed by atoms with van der Waals surface area (Å²) in [5.74, 6) is 1.47. The molecule has 1 heterocycles. The van der Waals surface area contributed by atoms with Crippen LogP contribution in [0.1, 0.15) is 12.0 Å². The molecule has 126 valence electrons. The number of methoxy groups -OCH3 is 2. The van der Waals surface area contributed by atoms with Gasteiger partial charge in [-0.2, -0.15) is 0 Å². The summed E-state index contributed by atoms with van der Waals surface area (Å²) in [5.41, 5.74) is 1.54. The van der Waals surface area contributed by atoms with E-state index in [0.29, 0.717) is 30.0 Å². The zero-order valence-corrected chi connectivity index (χ0v) is 13.5. The maximum absolute atomic E-state index is 12.4. The number of phenols is 1. The van der Waals surface area contributed by atoms with E-state index in [9.17, 15) is 9.90 Å². The Morgan fingerprint density at radius 2 is 1.96 bits per heavy atom. The van der Waals surface area contributed by atoms with Gasteiger partial charge in [-0.1, -0.05) is 0 Å². The van der Waals surface area contributed by atoms with Crippen LogP contribution in [-0.4, -0.2) is 31.3 Å². The SMILES string of the molecule is COc1ccc(NC(=O)C2CCc3cc(O)c(OC)cc3O2)cc1. The Balaban J connectivity index is 1.70. The third-order valence-corrected chi connectivity index (χ3v) is 3.96. The highest BCUT2D eigenvalue weighted by molar-refractivity contribution is 5.94. The minimum absolute atomic E-state index is 0.0704. The number of benzene rings is 2. The van der Waals surface area contributed by atoms with Crippen molar-refractivity contribution in [3.63, 3.8) is 0 Å². The van der Waals surface area contributed by atoms with Gasteiger partial charge < -0.3 is 24.6 Å². The van der Waals surface area contributed by atoms with Gasteiger partial charge in [0.1, 0.15) is 11.5 Å². The first-order chi connectivity index (χ1) is 11.6. The second kappa shape index (κ2) is 6.70. The molecule has 0 bridgehead atoms. The van der Waals surface area contributed by atoms with E-state index in [1.165, 1.54) is 7.11 Å². The second-order valence-corrected chi connectivity index (χ2v) is 5.49. The Labute approximate surface area is 140 Å². The van der Waals surface area contributed by atoms with Crippen molar-refractivity contribution in [2.75, 3.05) is 19.5 Å². The number of ether oxygens (including phenoxy) is 3. The quantitative estimate of drug-likeness (QED) is 0.902. The number of hydrogen-bond donors (Lipinski definition) is 2. The van der Waals surface area contributed by atoms with Crippen molar-refractivity contribution in [1.82, 2.24) is 0 Å². The normalized spacial score (nSPS) is 15.8. The Kier molecular flexibility index (Phi) is 4.46. The number of amides is 1. The summed E-state index contributed by atoms with van der Waals surface area (Å²) in [4.78, 5) is 12.4. The van der Waals surface area contributed by atoms with Gasteiger partial charge in [-0.25, -0.2) is 0 Å². The number of anilines is 1. The first-order valence-electron chi connectivity index (χ1n) is 7.62. The molecule has 1 aliphatic rings. The lowest BCUT2D eigenvalue weighted by Gasteiger charge is -2.26. The van der Waals surface area contributed by atoms with Crippen LogP contribution in [-0.2, 0) is 11.2 Å². The lowest BCUT2D eigenvalue weighted by atomic mass is 10.0. The molecule has 0 saturated carbocycles. The van der Waals surface area contributed by atoms with Crippen LogP contribution in [0.15, 0.2) is 36.4 Å². The molecule has 0 fully saturated rings. The van der Waals surface area contributed by atoms with Gasteiger partial charge in [-0.15, -0.1) is 0 Å². The third kappa shape index (κ3) is 3.22. The van der Waals surface area contributed by atoms with Crippen molar-refractivity contribution in [2.45, 2.75) is 18.9 Å². The molecule has 1 aliphatic heterocycles. The number of nitrogens with one attached hydrogen (secondary N) is 1. The number of carbonyl (C=O) groups is 1. The molecule has 2 aromatic rings. The molecule has 0 spiro atoms. The topological polar surface area (TPSA) is 77.0 Å². The van der Waals surface area contributed by atoms with Gasteiger partial charge in [0.25, 0.3) is 5.91 Å². The molecular weight excluding hydrogens is 310 g/mol. The fourth-order valence-corrected chi connectivity index (χ4v) is 2.64. The molecule has 6 nitrogen and oxygen atoms in total. The van der Waals surface area contributed by atoms with E-state index in [0.717, 1.165) is 11.3 Å². The van der Waals surface area contributed by atoms with Crippen LogP contribution >= 0.6 is 0 Å². The van der Waals surface area contributed by atoms with E-state index in [1.54, 1.807) is 43.5 Å². The highest BCUT2D eigenvalue weighted by Gasteiger charge is 2.27. The monoisotopic (exact) mass is 329 g/mol. The minimum atomic E-state index is -0.589. The molecule has 0 aromatic heterocycles. The molecule has 0 saturated heterocycles. The molecular formula is C18H19NO5. The number of phenolic OH excluding ortho intramolecular Hbond substituents is 1. The van der Waals surface area contributed by atoms with Crippen LogP contribution < -0.4 is 19.5 Å². The maximum atomic E-state index is 12.4. The smallest absolute Gasteiger partial charge is 0.265 e. The highest BCUT2D eigenvalue weighted by atomic mass is 16.5. The first-order valence-corrected chi connectivity index (χ1v) is 7.62. The Morgan fingerprint density at radius 3 is 2.62 bits per heavy atom. The Bertz CT molecular complexity index is 742. The van der Waals surface area contributed by atoms with E-state index in [1.807, 2.05) is 0 Å². The van der Waals surface area contributed by atoms with Crippen LogP contribution in [0.25, 0.3) is 0 Å².